The first-order valence-corrected chi connectivity index (χ1v) is 6.45. The van der Waals surface area contributed by atoms with Gasteiger partial charge in [0, 0.05) is 6.42 Å². The molecule has 0 aliphatic rings. The number of rotatable bonds is 6. The van der Waals surface area contributed by atoms with E-state index in [1.54, 1.807) is 18.2 Å². The Morgan fingerprint density at radius 3 is 2.95 bits per heavy atom. The monoisotopic (exact) mass is 275 g/mol. The van der Waals surface area contributed by atoms with E-state index >= 15 is 0 Å². The van der Waals surface area contributed by atoms with Crippen LogP contribution in [0.15, 0.2) is 22.7 Å². The zero-order chi connectivity index (χ0) is 14.5. The average molecular weight is 275 g/mol. The average Bonchev–Trinajstić information content (AvgIpc) is 2.84. The van der Waals surface area contributed by atoms with E-state index in [2.05, 4.69) is 10.1 Å². The molecule has 106 valence electrons. The molecule has 2 rings (SSSR count). The summed E-state index contributed by atoms with van der Waals surface area (Å²) >= 11 is 0. The second-order valence-corrected chi connectivity index (χ2v) is 4.51. The van der Waals surface area contributed by atoms with E-state index < -0.39 is 5.91 Å². The molecule has 6 heteroatoms. The summed E-state index contributed by atoms with van der Waals surface area (Å²) in [6.07, 6.45) is 1.71. The molecule has 6 nitrogen and oxygen atoms in total. The number of primary amides is 1. The molecule has 0 fully saturated rings. The summed E-state index contributed by atoms with van der Waals surface area (Å²) in [7, 11) is 0. The van der Waals surface area contributed by atoms with Gasteiger partial charge in [-0.3, -0.25) is 4.79 Å². The third-order valence-corrected chi connectivity index (χ3v) is 2.74. The molecule has 0 spiro atoms. The summed E-state index contributed by atoms with van der Waals surface area (Å²) in [6, 6.07) is 5.20. The molecule has 1 heterocycles. The quantitative estimate of drug-likeness (QED) is 0.870. The summed E-state index contributed by atoms with van der Waals surface area (Å²) in [5.74, 6) is 0.931. The highest BCUT2D eigenvalue weighted by atomic mass is 16.5. The molecular formula is C14H17N3O3. The Balaban J connectivity index is 2.09. The summed E-state index contributed by atoms with van der Waals surface area (Å²) in [4.78, 5) is 15.5. The van der Waals surface area contributed by atoms with Gasteiger partial charge >= 0.3 is 0 Å². The summed E-state index contributed by atoms with van der Waals surface area (Å²) < 4.78 is 10.6. The smallest absolute Gasteiger partial charge is 0.264 e. The first-order chi connectivity index (χ1) is 9.60. The first kappa shape index (κ1) is 14.0. The molecule has 1 aromatic carbocycles. The number of benzene rings is 1. The van der Waals surface area contributed by atoms with Crippen LogP contribution in [0.4, 0.5) is 0 Å². The van der Waals surface area contributed by atoms with Crippen molar-refractivity contribution in [1.29, 1.82) is 0 Å². The van der Waals surface area contributed by atoms with Crippen LogP contribution in [0.3, 0.4) is 0 Å². The number of hydrogen-bond donors (Lipinski definition) is 1. The molecule has 2 aromatic rings. The maximum Gasteiger partial charge on any atom is 0.264 e. The lowest BCUT2D eigenvalue weighted by molar-refractivity contribution is 0.0995. The Hall–Kier alpha value is -2.37. The van der Waals surface area contributed by atoms with Crippen molar-refractivity contribution in [2.45, 2.75) is 33.3 Å². The van der Waals surface area contributed by atoms with Gasteiger partial charge in [0.15, 0.2) is 12.4 Å². The highest BCUT2D eigenvalue weighted by molar-refractivity contribution is 5.95. The van der Waals surface area contributed by atoms with Crippen LogP contribution in [-0.2, 0) is 13.0 Å². The van der Waals surface area contributed by atoms with Crippen LogP contribution in [0.2, 0.25) is 0 Å². The second-order valence-electron chi connectivity index (χ2n) is 4.51. The van der Waals surface area contributed by atoms with Crippen LogP contribution in [0.1, 0.15) is 41.0 Å². The topological polar surface area (TPSA) is 91.2 Å². The minimum absolute atomic E-state index is 0.112. The van der Waals surface area contributed by atoms with Gasteiger partial charge in [-0.05, 0) is 31.0 Å². The van der Waals surface area contributed by atoms with Crippen molar-refractivity contribution in [1.82, 2.24) is 10.1 Å². The van der Waals surface area contributed by atoms with E-state index in [0.717, 1.165) is 18.4 Å². The Morgan fingerprint density at radius 1 is 1.45 bits per heavy atom. The molecule has 0 radical (unpaired) electrons. The van der Waals surface area contributed by atoms with E-state index in [-0.39, 0.29) is 6.61 Å². The van der Waals surface area contributed by atoms with Crippen LogP contribution in [0.5, 0.6) is 5.75 Å². The SMILES string of the molecule is CCCc1noc(COc2cc(C)ccc2C(N)=O)n1. The number of hydrogen-bond acceptors (Lipinski definition) is 5. The highest BCUT2D eigenvalue weighted by Gasteiger charge is 2.12. The van der Waals surface area contributed by atoms with Gasteiger partial charge in [0.05, 0.1) is 5.56 Å². The number of carbonyl (C=O) groups is 1. The number of carbonyl (C=O) groups excluding carboxylic acids is 1. The first-order valence-electron chi connectivity index (χ1n) is 6.45. The molecule has 2 N–H and O–H groups in total. The fourth-order valence-corrected chi connectivity index (χ4v) is 1.77. The van der Waals surface area contributed by atoms with Crippen LogP contribution < -0.4 is 10.5 Å². The lowest BCUT2D eigenvalue weighted by atomic mass is 10.1. The normalized spacial score (nSPS) is 10.5. The number of aryl methyl sites for hydroxylation is 2. The van der Waals surface area contributed by atoms with Crippen LogP contribution >= 0.6 is 0 Å². The van der Waals surface area contributed by atoms with Crippen molar-refractivity contribution >= 4 is 5.91 Å². The van der Waals surface area contributed by atoms with Gasteiger partial charge in [-0.25, -0.2) is 0 Å². The van der Waals surface area contributed by atoms with Crippen molar-refractivity contribution in [3.8, 4) is 5.75 Å². The molecular weight excluding hydrogens is 258 g/mol. The Bertz CT molecular complexity index is 607. The fourth-order valence-electron chi connectivity index (χ4n) is 1.77. The van der Waals surface area contributed by atoms with Crippen molar-refractivity contribution in [3.63, 3.8) is 0 Å². The van der Waals surface area contributed by atoms with Gasteiger partial charge in [0.25, 0.3) is 11.8 Å². The number of nitrogens with two attached hydrogens (primary N) is 1. The molecule has 1 aromatic heterocycles. The van der Waals surface area contributed by atoms with E-state index in [1.807, 2.05) is 13.8 Å². The molecule has 0 saturated carbocycles. The molecule has 0 aliphatic heterocycles. The number of ether oxygens (including phenoxy) is 1. The van der Waals surface area contributed by atoms with Crippen LogP contribution in [0, 0.1) is 6.92 Å². The van der Waals surface area contributed by atoms with Gasteiger partial charge in [0.2, 0.25) is 0 Å². The molecule has 20 heavy (non-hydrogen) atoms. The molecule has 0 saturated heterocycles. The summed E-state index contributed by atoms with van der Waals surface area (Å²) in [6.45, 7) is 4.06. The second kappa shape index (κ2) is 6.18. The van der Waals surface area contributed by atoms with Gasteiger partial charge in [0.1, 0.15) is 5.75 Å². The lowest BCUT2D eigenvalue weighted by Gasteiger charge is -2.08. The number of nitrogens with zero attached hydrogens (tertiary/aromatic N) is 2. The standard InChI is InChI=1S/C14H17N3O3/c1-3-4-12-16-13(20-17-12)8-19-11-7-9(2)5-6-10(11)14(15)18/h5-7H,3-4,8H2,1-2H3,(H2,15,18). The molecule has 0 atom stereocenters. The zero-order valence-electron chi connectivity index (χ0n) is 11.5. The van der Waals surface area contributed by atoms with Crippen molar-refractivity contribution in [3.05, 3.63) is 41.0 Å². The molecule has 1 amide bonds. The maximum absolute atomic E-state index is 11.3. The minimum Gasteiger partial charge on any atom is -0.483 e. The van der Waals surface area contributed by atoms with Crippen molar-refractivity contribution in [2.75, 3.05) is 0 Å². The molecule has 0 aliphatic carbocycles. The van der Waals surface area contributed by atoms with E-state index in [0.29, 0.717) is 23.0 Å². The third kappa shape index (κ3) is 3.34. The van der Waals surface area contributed by atoms with E-state index in [4.69, 9.17) is 15.0 Å². The highest BCUT2D eigenvalue weighted by Crippen LogP contribution is 2.21. The van der Waals surface area contributed by atoms with Gasteiger partial charge < -0.3 is 15.0 Å². The van der Waals surface area contributed by atoms with E-state index in [9.17, 15) is 4.79 Å². The van der Waals surface area contributed by atoms with Gasteiger partial charge in [-0.15, -0.1) is 0 Å². The largest absolute Gasteiger partial charge is 0.483 e. The van der Waals surface area contributed by atoms with Crippen LogP contribution in [-0.4, -0.2) is 16.0 Å². The van der Waals surface area contributed by atoms with Crippen LogP contribution in [0.25, 0.3) is 0 Å². The van der Waals surface area contributed by atoms with Crippen molar-refractivity contribution < 1.29 is 14.1 Å². The zero-order valence-corrected chi connectivity index (χ0v) is 11.5. The third-order valence-electron chi connectivity index (χ3n) is 2.74. The Labute approximate surface area is 116 Å². The molecule has 0 unspecified atom stereocenters. The molecule has 0 bridgehead atoms. The lowest BCUT2D eigenvalue weighted by Crippen LogP contribution is -2.13. The van der Waals surface area contributed by atoms with Gasteiger partial charge in [-0.2, -0.15) is 4.98 Å². The predicted octanol–water partition coefficient (Wildman–Crippen LogP) is 2.01. The predicted molar refractivity (Wildman–Crippen MR) is 72.3 cm³/mol. The van der Waals surface area contributed by atoms with E-state index in [1.165, 1.54) is 0 Å². The van der Waals surface area contributed by atoms with Gasteiger partial charge in [-0.1, -0.05) is 18.1 Å². The minimum atomic E-state index is -0.530. The summed E-state index contributed by atoms with van der Waals surface area (Å²) in [5, 5.41) is 3.84. The Morgan fingerprint density at radius 2 is 2.25 bits per heavy atom. The summed E-state index contributed by atoms with van der Waals surface area (Å²) in [5.41, 5.74) is 6.62. The fraction of sp³-hybridized carbons (Fsp3) is 0.357. The Kier molecular flexibility index (Phi) is 4.34. The number of aromatic nitrogens is 2. The van der Waals surface area contributed by atoms with Crippen molar-refractivity contribution in [2.24, 2.45) is 5.73 Å². The maximum atomic E-state index is 11.3. The number of amides is 1.